The first-order valence-electron chi connectivity index (χ1n) is 8.50. The van der Waals surface area contributed by atoms with Gasteiger partial charge in [-0.3, -0.25) is 14.5 Å². The molecule has 2 amide bonds. The first-order valence-corrected chi connectivity index (χ1v) is 9.73. The fourth-order valence-electron chi connectivity index (χ4n) is 2.65. The first-order chi connectivity index (χ1) is 13.8. The van der Waals surface area contributed by atoms with Crippen molar-refractivity contribution in [3.63, 3.8) is 0 Å². The van der Waals surface area contributed by atoms with Crippen LogP contribution in [0.5, 0.6) is 0 Å². The van der Waals surface area contributed by atoms with Gasteiger partial charge < -0.3 is 9.73 Å². The van der Waals surface area contributed by atoms with Gasteiger partial charge in [0.2, 0.25) is 5.91 Å². The van der Waals surface area contributed by atoms with Crippen molar-refractivity contribution >= 4 is 51.9 Å². The second-order valence-electron chi connectivity index (χ2n) is 6.04. The number of para-hydroxylation sites is 1. The predicted molar refractivity (Wildman–Crippen MR) is 108 cm³/mol. The lowest BCUT2D eigenvalue weighted by Gasteiger charge is -2.15. The van der Waals surface area contributed by atoms with Gasteiger partial charge in [-0.05, 0) is 30.7 Å². The highest BCUT2D eigenvalue weighted by Crippen LogP contribution is 2.35. The van der Waals surface area contributed by atoms with Crippen molar-refractivity contribution in [2.45, 2.75) is 19.0 Å². The zero-order chi connectivity index (χ0) is 21.0. The number of hydrogen-bond donors (Lipinski definition) is 1. The fraction of sp³-hybridized carbons (Fsp3) is 0.211. The van der Waals surface area contributed by atoms with Gasteiger partial charge in [0.05, 0.1) is 22.4 Å². The van der Waals surface area contributed by atoms with Crippen LogP contribution < -0.4 is 5.32 Å². The third-order valence-electron chi connectivity index (χ3n) is 3.98. The minimum absolute atomic E-state index is 0.0551. The number of nitrogens with zero attached hydrogens (tertiary/aromatic N) is 1. The Balaban J connectivity index is 1.55. The molecule has 0 atom stereocenters. The van der Waals surface area contributed by atoms with E-state index in [0.717, 1.165) is 17.8 Å². The molecule has 0 radical (unpaired) electrons. The lowest BCUT2D eigenvalue weighted by molar-refractivity contribution is -0.137. The number of carbonyl (C=O) groups excluding carboxylic acids is 2. The first kappa shape index (κ1) is 21.1. The molecule has 1 saturated heterocycles. The number of furan rings is 1. The van der Waals surface area contributed by atoms with Gasteiger partial charge >= 0.3 is 6.18 Å². The molecular weight excluding hydrogens is 425 g/mol. The summed E-state index contributed by atoms with van der Waals surface area (Å²) in [4.78, 5) is 26.3. The predicted octanol–water partition coefficient (Wildman–Crippen LogP) is 4.92. The van der Waals surface area contributed by atoms with Crippen molar-refractivity contribution in [3.8, 4) is 0 Å². The van der Waals surface area contributed by atoms with Gasteiger partial charge in [-0.1, -0.05) is 36.1 Å². The third kappa shape index (κ3) is 5.27. The summed E-state index contributed by atoms with van der Waals surface area (Å²) in [6.45, 7) is 0.189. The maximum absolute atomic E-state index is 13.0. The normalized spacial score (nSPS) is 16.0. The Morgan fingerprint density at radius 2 is 2.00 bits per heavy atom. The zero-order valence-electron chi connectivity index (χ0n) is 14.9. The van der Waals surface area contributed by atoms with E-state index < -0.39 is 17.6 Å². The molecule has 2 heterocycles. The van der Waals surface area contributed by atoms with Gasteiger partial charge in [0.15, 0.2) is 0 Å². The summed E-state index contributed by atoms with van der Waals surface area (Å²) in [6.07, 6.45) is -1.30. The number of amides is 2. The smallest absolute Gasteiger partial charge is 0.418 e. The Kier molecular flexibility index (Phi) is 6.43. The number of thioether (sulfide) groups is 1. The van der Waals surface area contributed by atoms with Gasteiger partial charge in [-0.25, -0.2) is 0 Å². The Morgan fingerprint density at radius 3 is 2.69 bits per heavy atom. The van der Waals surface area contributed by atoms with E-state index in [1.54, 1.807) is 18.2 Å². The summed E-state index contributed by atoms with van der Waals surface area (Å²) < 4.78 is 44.5. The van der Waals surface area contributed by atoms with Crippen molar-refractivity contribution in [1.29, 1.82) is 0 Å². The lowest BCUT2D eigenvalue weighted by atomic mass is 10.1. The van der Waals surface area contributed by atoms with Crippen LogP contribution in [0.3, 0.4) is 0 Å². The number of benzene rings is 1. The Hall–Kier alpha value is -2.59. The number of nitrogens with one attached hydrogen (secondary N) is 1. The quantitative estimate of drug-likeness (QED) is 0.510. The summed E-state index contributed by atoms with van der Waals surface area (Å²) in [5.74, 6) is -0.342. The van der Waals surface area contributed by atoms with Crippen molar-refractivity contribution in [1.82, 2.24) is 4.90 Å². The van der Waals surface area contributed by atoms with Gasteiger partial charge in [0.1, 0.15) is 10.1 Å². The highest BCUT2D eigenvalue weighted by Gasteiger charge is 2.34. The molecule has 5 nitrogen and oxygen atoms in total. The molecule has 0 saturated carbocycles. The van der Waals surface area contributed by atoms with Gasteiger partial charge in [0.25, 0.3) is 5.91 Å². The average Bonchev–Trinajstić information content (AvgIpc) is 3.25. The monoisotopic (exact) mass is 440 g/mol. The molecule has 2 aromatic rings. The maximum atomic E-state index is 13.0. The number of alkyl halides is 3. The molecule has 1 N–H and O–H groups in total. The van der Waals surface area contributed by atoms with Crippen LogP contribution >= 0.6 is 24.0 Å². The summed E-state index contributed by atoms with van der Waals surface area (Å²) in [5, 5.41) is 2.28. The Labute approximate surface area is 173 Å². The van der Waals surface area contributed by atoms with Gasteiger partial charge in [-0.2, -0.15) is 13.2 Å². The van der Waals surface area contributed by atoms with Crippen molar-refractivity contribution in [2.75, 3.05) is 11.9 Å². The van der Waals surface area contributed by atoms with Crippen LogP contribution in [-0.4, -0.2) is 27.6 Å². The van der Waals surface area contributed by atoms with Gasteiger partial charge in [-0.15, -0.1) is 0 Å². The maximum Gasteiger partial charge on any atom is 0.418 e. The largest absolute Gasteiger partial charge is 0.465 e. The highest BCUT2D eigenvalue weighted by molar-refractivity contribution is 8.26. The van der Waals surface area contributed by atoms with E-state index in [9.17, 15) is 22.8 Å². The number of halogens is 3. The molecule has 1 fully saturated rings. The van der Waals surface area contributed by atoms with E-state index in [2.05, 4.69) is 5.32 Å². The molecule has 1 aromatic heterocycles. The van der Waals surface area contributed by atoms with E-state index in [4.69, 9.17) is 16.6 Å². The molecular formula is C19H15F3N2O3S2. The molecule has 0 bridgehead atoms. The average molecular weight is 440 g/mol. The van der Waals surface area contributed by atoms with Crippen molar-refractivity contribution < 1.29 is 27.2 Å². The number of anilines is 1. The number of rotatable bonds is 6. The molecule has 0 aliphatic carbocycles. The standard InChI is InChI=1S/C19H15F3N2O3S2/c20-19(21,22)13-6-1-2-7-14(13)23-16(25)8-3-9-24-17(26)15(29-18(24)28)11-12-5-4-10-27-12/h1-2,4-7,10-11H,3,8-9H2,(H,23,25)/b15-11+. The van der Waals surface area contributed by atoms with Crippen LogP contribution in [-0.2, 0) is 15.8 Å². The van der Waals surface area contributed by atoms with Crippen LogP contribution in [0.15, 0.2) is 52.0 Å². The fourth-order valence-corrected chi connectivity index (χ4v) is 3.93. The van der Waals surface area contributed by atoms with Crippen LogP contribution in [0.2, 0.25) is 0 Å². The molecule has 1 aliphatic heterocycles. The van der Waals surface area contributed by atoms with E-state index in [1.807, 2.05) is 0 Å². The molecule has 1 aliphatic rings. The summed E-state index contributed by atoms with van der Waals surface area (Å²) in [6, 6.07) is 8.17. The molecule has 3 rings (SSSR count). The highest BCUT2D eigenvalue weighted by atomic mass is 32.2. The molecule has 152 valence electrons. The Morgan fingerprint density at radius 1 is 1.24 bits per heavy atom. The summed E-state index contributed by atoms with van der Waals surface area (Å²) in [7, 11) is 0. The Bertz CT molecular complexity index is 956. The van der Waals surface area contributed by atoms with E-state index in [1.165, 1.54) is 29.4 Å². The second kappa shape index (κ2) is 8.83. The van der Waals surface area contributed by atoms with Crippen LogP contribution in [0.4, 0.5) is 18.9 Å². The lowest BCUT2D eigenvalue weighted by Crippen LogP contribution is -2.29. The number of hydrogen-bond acceptors (Lipinski definition) is 5. The van der Waals surface area contributed by atoms with Crippen LogP contribution in [0.1, 0.15) is 24.2 Å². The minimum Gasteiger partial charge on any atom is -0.465 e. The summed E-state index contributed by atoms with van der Waals surface area (Å²) in [5.41, 5.74) is -1.20. The molecule has 0 unspecified atom stereocenters. The number of thiocarbonyl (C=S) groups is 1. The van der Waals surface area contributed by atoms with Crippen molar-refractivity contribution in [2.24, 2.45) is 0 Å². The molecule has 1 aromatic carbocycles. The number of carbonyl (C=O) groups is 2. The molecule has 29 heavy (non-hydrogen) atoms. The van der Waals surface area contributed by atoms with Crippen LogP contribution in [0, 0.1) is 0 Å². The SMILES string of the molecule is O=C(CCCN1C(=O)/C(=C\c2ccco2)SC1=S)Nc1ccccc1C(F)(F)F. The van der Waals surface area contributed by atoms with Crippen molar-refractivity contribution in [3.05, 3.63) is 58.9 Å². The summed E-state index contributed by atoms with van der Waals surface area (Å²) >= 11 is 6.33. The van der Waals surface area contributed by atoms with E-state index >= 15 is 0 Å². The molecule has 0 spiro atoms. The van der Waals surface area contributed by atoms with Gasteiger partial charge in [0, 0.05) is 19.0 Å². The molecule has 10 heteroatoms. The zero-order valence-corrected chi connectivity index (χ0v) is 16.5. The third-order valence-corrected chi connectivity index (χ3v) is 5.36. The minimum atomic E-state index is -4.56. The second-order valence-corrected chi connectivity index (χ2v) is 7.72. The van der Waals surface area contributed by atoms with E-state index in [-0.39, 0.29) is 31.0 Å². The topological polar surface area (TPSA) is 62.6 Å². The van der Waals surface area contributed by atoms with Crippen LogP contribution in [0.25, 0.3) is 6.08 Å². The van der Waals surface area contributed by atoms with E-state index in [0.29, 0.717) is 15.0 Å².